The lowest BCUT2D eigenvalue weighted by Crippen LogP contribution is -2.38. The van der Waals surface area contributed by atoms with Gasteiger partial charge in [-0.15, -0.1) is 0 Å². The van der Waals surface area contributed by atoms with Gasteiger partial charge in [-0.2, -0.15) is 5.10 Å². The van der Waals surface area contributed by atoms with E-state index in [-0.39, 0.29) is 0 Å². The van der Waals surface area contributed by atoms with Gasteiger partial charge in [0.15, 0.2) is 0 Å². The maximum absolute atomic E-state index is 12.1. The molecule has 0 aliphatic rings. The Morgan fingerprint density at radius 1 is 1.37 bits per heavy atom. The molecule has 1 aromatic rings. The van der Waals surface area contributed by atoms with Gasteiger partial charge in [-0.05, 0) is 27.3 Å². The van der Waals surface area contributed by atoms with E-state index in [1.165, 1.54) is 0 Å². The highest BCUT2D eigenvalue weighted by Gasteiger charge is 2.21. The molecule has 0 saturated heterocycles. The van der Waals surface area contributed by atoms with Crippen LogP contribution in [-0.4, -0.2) is 36.5 Å². The van der Waals surface area contributed by atoms with Crippen molar-refractivity contribution in [3.05, 3.63) is 17.0 Å². The van der Waals surface area contributed by atoms with Gasteiger partial charge in [0.1, 0.15) is 0 Å². The Hall–Kier alpha value is -0.920. The fourth-order valence-electron chi connectivity index (χ4n) is 1.85. The Kier molecular flexibility index (Phi) is 5.51. The number of nitrogens with one attached hydrogen (secondary N) is 2. The number of nitrogens with zero attached hydrogens (tertiary/aromatic N) is 2. The summed E-state index contributed by atoms with van der Waals surface area (Å²) in [6.45, 7) is 9.00. The molecule has 0 saturated carbocycles. The van der Waals surface area contributed by atoms with Crippen LogP contribution < -0.4 is 10.0 Å². The van der Waals surface area contributed by atoms with Crippen LogP contribution in [0.15, 0.2) is 0 Å². The molecule has 1 rings (SSSR count). The minimum Gasteiger partial charge on any atom is -0.316 e. The monoisotopic (exact) mass is 288 g/mol. The van der Waals surface area contributed by atoms with Gasteiger partial charge in [-0.25, -0.2) is 13.1 Å². The summed E-state index contributed by atoms with van der Waals surface area (Å²) >= 11 is 0. The standard InChI is InChI=1S/C12H24N4O2S/c1-6-13-7-9(2)19(17,18)14-8-12-10(3)15-16(5)11(12)4/h9,13-14H,6-8H2,1-5H3. The molecule has 0 fully saturated rings. The van der Waals surface area contributed by atoms with Crippen LogP contribution in [0.25, 0.3) is 0 Å². The van der Waals surface area contributed by atoms with Crippen molar-refractivity contribution in [1.82, 2.24) is 19.8 Å². The first-order chi connectivity index (χ1) is 8.79. The Morgan fingerprint density at radius 2 is 2.00 bits per heavy atom. The van der Waals surface area contributed by atoms with Crippen LogP contribution in [0.5, 0.6) is 0 Å². The molecule has 6 nitrogen and oxygen atoms in total. The number of hydrogen-bond donors (Lipinski definition) is 2. The van der Waals surface area contributed by atoms with E-state index in [0.29, 0.717) is 13.1 Å². The molecular weight excluding hydrogens is 264 g/mol. The van der Waals surface area contributed by atoms with E-state index in [1.807, 2.05) is 27.8 Å². The Balaban J connectivity index is 2.70. The molecule has 1 aromatic heterocycles. The van der Waals surface area contributed by atoms with Gasteiger partial charge in [-0.3, -0.25) is 4.68 Å². The van der Waals surface area contributed by atoms with Gasteiger partial charge in [0.05, 0.1) is 10.9 Å². The molecule has 0 bridgehead atoms. The van der Waals surface area contributed by atoms with Gasteiger partial charge in [0.2, 0.25) is 10.0 Å². The zero-order valence-corrected chi connectivity index (χ0v) is 13.1. The van der Waals surface area contributed by atoms with Gasteiger partial charge >= 0.3 is 0 Å². The molecule has 0 aromatic carbocycles. The molecule has 7 heteroatoms. The zero-order valence-electron chi connectivity index (χ0n) is 12.3. The first kappa shape index (κ1) is 16.1. The molecule has 0 spiro atoms. The average molecular weight is 288 g/mol. The lowest BCUT2D eigenvalue weighted by molar-refractivity contribution is 0.559. The maximum Gasteiger partial charge on any atom is 0.215 e. The summed E-state index contributed by atoms with van der Waals surface area (Å²) in [4.78, 5) is 0. The summed E-state index contributed by atoms with van der Waals surface area (Å²) < 4.78 is 28.5. The Morgan fingerprint density at radius 3 is 2.47 bits per heavy atom. The third kappa shape index (κ3) is 4.02. The summed E-state index contributed by atoms with van der Waals surface area (Å²) in [5.41, 5.74) is 2.79. The van der Waals surface area contributed by atoms with Gasteiger partial charge in [0.25, 0.3) is 0 Å². The van der Waals surface area contributed by atoms with Crippen molar-refractivity contribution in [2.75, 3.05) is 13.1 Å². The summed E-state index contributed by atoms with van der Waals surface area (Å²) in [6, 6.07) is 0. The van der Waals surface area contributed by atoms with Crippen LogP contribution in [0.4, 0.5) is 0 Å². The second-order valence-electron chi connectivity index (χ2n) is 4.76. The zero-order chi connectivity index (χ0) is 14.6. The quantitative estimate of drug-likeness (QED) is 0.764. The topological polar surface area (TPSA) is 76.0 Å². The molecule has 1 heterocycles. The van der Waals surface area contributed by atoms with Gasteiger partial charge in [-0.1, -0.05) is 6.92 Å². The van der Waals surface area contributed by atoms with Gasteiger partial charge < -0.3 is 5.32 Å². The third-order valence-electron chi connectivity index (χ3n) is 3.32. The molecule has 2 N–H and O–H groups in total. The van der Waals surface area contributed by atoms with E-state index in [1.54, 1.807) is 11.6 Å². The maximum atomic E-state index is 12.1. The van der Waals surface area contributed by atoms with Crippen LogP contribution in [-0.2, 0) is 23.6 Å². The number of aromatic nitrogens is 2. The third-order valence-corrected chi connectivity index (χ3v) is 5.09. The van der Waals surface area contributed by atoms with E-state index in [0.717, 1.165) is 23.5 Å². The summed E-state index contributed by atoms with van der Waals surface area (Å²) in [5, 5.41) is 6.86. The molecule has 0 aliphatic heterocycles. The second-order valence-corrected chi connectivity index (χ2v) is 6.94. The first-order valence-electron chi connectivity index (χ1n) is 6.47. The molecule has 1 atom stereocenters. The lowest BCUT2D eigenvalue weighted by Gasteiger charge is -2.14. The van der Waals surface area contributed by atoms with Crippen LogP contribution in [0.2, 0.25) is 0 Å². The SMILES string of the molecule is CCNCC(C)S(=O)(=O)NCc1c(C)nn(C)c1C. The minimum absolute atomic E-state index is 0.296. The van der Waals surface area contributed by atoms with E-state index in [9.17, 15) is 8.42 Å². The van der Waals surface area contributed by atoms with Crippen molar-refractivity contribution in [3.8, 4) is 0 Å². The highest BCUT2D eigenvalue weighted by atomic mass is 32.2. The Bertz CT molecular complexity index is 522. The van der Waals surface area contributed by atoms with Crippen molar-refractivity contribution in [2.45, 2.75) is 39.5 Å². The Labute approximate surface area is 115 Å². The van der Waals surface area contributed by atoms with Crippen LogP contribution in [0, 0.1) is 13.8 Å². The van der Waals surface area contributed by atoms with E-state index >= 15 is 0 Å². The predicted molar refractivity (Wildman–Crippen MR) is 76.4 cm³/mol. The van der Waals surface area contributed by atoms with E-state index in [4.69, 9.17) is 0 Å². The van der Waals surface area contributed by atoms with Crippen LogP contribution in [0.1, 0.15) is 30.8 Å². The van der Waals surface area contributed by atoms with Crippen molar-refractivity contribution in [2.24, 2.45) is 7.05 Å². The molecule has 0 aliphatic carbocycles. The van der Waals surface area contributed by atoms with Crippen LogP contribution >= 0.6 is 0 Å². The van der Waals surface area contributed by atoms with E-state index in [2.05, 4.69) is 15.1 Å². The molecule has 19 heavy (non-hydrogen) atoms. The summed E-state index contributed by atoms with van der Waals surface area (Å²) in [7, 11) is -1.45. The van der Waals surface area contributed by atoms with E-state index < -0.39 is 15.3 Å². The average Bonchev–Trinajstić information content (AvgIpc) is 2.58. The number of aryl methyl sites for hydroxylation is 2. The second kappa shape index (κ2) is 6.49. The largest absolute Gasteiger partial charge is 0.316 e. The highest BCUT2D eigenvalue weighted by molar-refractivity contribution is 7.90. The normalized spacial score (nSPS) is 13.7. The molecule has 0 radical (unpaired) electrons. The van der Waals surface area contributed by atoms with Crippen molar-refractivity contribution < 1.29 is 8.42 Å². The molecule has 1 unspecified atom stereocenters. The van der Waals surface area contributed by atoms with Crippen LogP contribution in [0.3, 0.4) is 0 Å². The smallest absolute Gasteiger partial charge is 0.215 e. The lowest BCUT2D eigenvalue weighted by atomic mass is 10.2. The first-order valence-corrected chi connectivity index (χ1v) is 8.02. The van der Waals surface area contributed by atoms with Crippen molar-refractivity contribution in [3.63, 3.8) is 0 Å². The van der Waals surface area contributed by atoms with Crippen molar-refractivity contribution >= 4 is 10.0 Å². The molecule has 0 amide bonds. The van der Waals surface area contributed by atoms with Crippen molar-refractivity contribution in [1.29, 1.82) is 0 Å². The highest BCUT2D eigenvalue weighted by Crippen LogP contribution is 2.12. The minimum atomic E-state index is -3.30. The fraction of sp³-hybridized carbons (Fsp3) is 0.750. The molecular formula is C12H24N4O2S. The fourth-order valence-corrected chi connectivity index (χ4v) is 2.81. The molecule has 110 valence electrons. The van der Waals surface area contributed by atoms with Gasteiger partial charge in [0, 0.05) is 31.4 Å². The predicted octanol–water partition coefficient (Wildman–Crippen LogP) is 0.454. The number of rotatable bonds is 7. The number of hydrogen-bond acceptors (Lipinski definition) is 4. The number of sulfonamides is 1. The summed E-state index contributed by atoms with van der Waals surface area (Å²) in [6.07, 6.45) is 0. The summed E-state index contributed by atoms with van der Waals surface area (Å²) in [5.74, 6) is 0.